The zero-order valence-corrected chi connectivity index (χ0v) is 15.8. The Morgan fingerprint density at radius 1 is 1.50 bits per heavy atom. The fraction of sp³-hybridized carbons (Fsp3) is 0.800. The summed E-state index contributed by atoms with van der Waals surface area (Å²) in [6.45, 7) is 1.35. The quantitative estimate of drug-likeness (QED) is 0.691. The third-order valence-electron chi connectivity index (χ3n) is 5.75. The van der Waals surface area contributed by atoms with Crippen LogP contribution in [0.2, 0.25) is 0 Å². The molecular formula is C15H23N5O5S. The Balaban J connectivity index is 1.51. The zero-order chi connectivity index (χ0) is 18.7. The summed E-state index contributed by atoms with van der Waals surface area (Å²) in [5.74, 6) is 0.0307. The van der Waals surface area contributed by atoms with E-state index in [-0.39, 0.29) is 41.3 Å². The van der Waals surface area contributed by atoms with Crippen LogP contribution < -0.4 is 9.46 Å². The summed E-state index contributed by atoms with van der Waals surface area (Å²) in [6, 6.07) is 0.276. The van der Waals surface area contributed by atoms with Gasteiger partial charge in [-0.3, -0.25) is 4.79 Å². The van der Waals surface area contributed by atoms with Crippen molar-refractivity contribution in [3.05, 3.63) is 5.82 Å². The number of rotatable bonds is 5. The van der Waals surface area contributed by atoms with Crippen molar-refractivity contribution in [2.24, 2.45) is 18.9 Å². The number of aryl methyl sites for hydroxylation is 1. The highest BCUT2D eigenvalue weighted by Crippen LogP contribution is 2.54. The minimum Gasteiger partial charge on any atom is -0.467 e. The Hall–Kier alpha value is -1.72. The molecule has 1 aromatic rings. The number of likely N-dealkylation sites (tertiary alicyclic amines) is 1. The van der Waals surface area contributed by atoms with Gasteiger partial charge in [-0.05, 0) is 12.8 Å². The molecule has 3 aliphatic heterocycles. The molecule has 11 heteroatoms. The Morgan fingerprint density at radius 2 is 2.27 bits per heavy atom. The first-order valence-electron chi connectivity index (χ1n) is 8.59. The van der Waals surface area contributed by atoms with E-state index in [1.54, 1.807) is 11.9 Å². The van der Waals surface area contributed by atoms with Gasteiger partial charge in [0.2, 0.25) is 15.8 Å². The molecule has 10 nitrogen and oxygen atoms in total. The second kappa shape index (κ2) is 5.89. The monoisotopic (exact) mass is 385 g/mol. The van der Waals surface area contributed by atoms with Crippen molar-refractivity contribution in [1.82, 2.24) is 24.4 Å². The average molecular weight is 385 g/mol. The van der Waals surface area contributed by atoms with Crippen LogP contribution in [0.4, 0.5) is 0 Å². The van der Waals surface area contributed by atoms with Crippen molar-refractivity contribution < 1.29 is 22.7 Å². The van der Waals surface area contributed by atoms with Crippen LogP contribution in [-0.2, 0) is 21.8 Å². The fourth-order valence-electron chi connectivity index (χ4n) is 4.65. The number of fused-ring (bicyclic) bond motifs is 1. The molecule has 1 aromatic heterocycles. The summed E-state index contributed by atoms with van der Waals surface area (Å²) in [5, 5.41) is 4.12. The van der Waals surface area contributed by atoms with Crippen molar-refractivity contribution in [2.45, 2.75) is 24.5 Å². The lowest BCUT2D eigenvalue weighted by atomic mass is 9.74. The highest BCUT2D eigenvalue weighted by molar-refractivity contribution is 7.88. The molecule has 4 heterocycles. The number of carbonyl (C=O) groups is 1. The normalized spacial score (nSPS) is 32.9. The van der Waals surface area contributed by atoms with Gasteiger partial charge in [0.25, 0.3) is 5.91 Å². The van der Waals surface area contributed by atoms with Crippen molar-refractivity contribution in [3.8, 4) is 6.01 Å². The number of nitrogens with one attached hydrogen (secondary N) is 1. The Morgan fingerprint density at radius 3 is 2.92 bits per heavy atom. The summed E-state index contributed by atoms with van der Waals surface area (Å²) >= 11 is 0. The maximum absolute atomic E-state index is 12.8. The van der Waals surface area contributed by atoms with Crippen molar-refractivity contribution in [1.29, 1.82) is 0 Å². The van der Waals surface area contributed by atoms with Crippen LogP contribution in [0.15, 0.2) is 0 Å². The number of nitrogens with zero attached hydrogens (tertiary/aromatic N) is 4. The molecule has 0 aliphatic carbocycles. The predicted molar refractivity (Wildman–Crippen MR) is 90.1 cm³/mol. The van der Waals surface area contributed by atoms with E-state index in [4.69, 9.17) is 9.47 Å². The molecule has 0 aromatic carbocycles. The van der Waals surface area contributed by atoms with E-state index >= 15 is 0 Å². The molecule has 0 unspecified atom stereocenters. The van der Waals surface area contributed by atoms with Gasteiger partial charge in [0.1, 0.15) is 0 Å². The number of amides is 1. The topological polar surface area (TPSA) is 116 Å². The molecular weight excluding hydrogens is 362 g/mol. The summed E-state index contributed by atoms with van der Waals surface area (Å²) < 4.78 is 38.2. The van der Waals surface area contributed by atoms with Gasteiger partial charge in [-0.2, -0.15) is 4.98 Å². The fourth-order valence-corrected chi connectivity index (χ4v) is 5.14. The average Bonchev–Trinajstić information content (AvgIpc) is 3.29. The largest absolute Gasteiger partial charge is 0.467 e. The summed E-state index contributed by atoms with van der Waals surface area (Å²) in [7, 11) is -0.120. The minimum atomic E-state index is -3.26. The third-order valence-corrected chi connectivity index (χ3v) is 6.44. The van der Waals surface area contributed by atoms with Crippen LogP contribution in [0, 0.1) is 11.8 Å². The van der Waals surface area contributed by atoms with Gasteiger partial charge in [0, 0.05) is 32.0 Å². The maximum Gasteiger partial charge on any atom is 0.314 e. The number of hydrogen-bond acceptors (Lipinski definition) is 7. The standard InChI is InChI=1S/C15H23N5O5S/c1-19-14(24-2)17-12(18-19)13(21)20-7-10-9(6-16-26(3,22)23)11-4-5-15(10,8-20)25-11/h9-11,16H,4-8H2,1-3H3/t9-,10+,11+,15+/m0/s1. The number of carbonyl (C=O) groups excluding carboxylic acids is 1. The Kier molecular flexibility index (Phi) is 4.01. The zero-order valence-electron chi connectivity index (χ0n) is 15.0. The van der Waals surface area contributed by atoms with E-state index < -0.39 is 10.0 Å². The van der Waals surface area contributed by atoms with Gasteiger partial charge in [0.15, 0.2) is 0 Å². The number of hydrogen-bond donors (Lipinski definition) is 1. The molecule has 3 aliphatic rings. The molecule has 144 valence electrons. The lowest BCUT2D eigenvalue weighted by molar-refractivity contribution is 0.00312. The lowest BCUT2D eigenvalue weighted by Gasteiger charge is -2.29. The van der Waals surface area contributed by atoms with Gasteiger partial charge in [0.05, 0.1) is 31.6 Å². The molecule has 4 rings (SSSR count). The molecule has 2 bridgehead atoms. The van der Waals surface area contributed by atoms with E-state index in [0.717, 1.165) is 19.1 Å². The molecule has 3 fully saturated rings. The predicted octanol–water partition coefficient (Wildman–Crippen LogP) is -1.01. The van der Waals surface area contributed by atoms with Gasteiger partial charge in [-0.25, -0.2) is 17.8 Å². The smallest absolute Gasteiger partial charge is 0.314 e. The number of sulfonamides is 1. The van der Waals surface area contributed by atoms with E-state index in [1.807, 2.05) is 0 Å². The summed E-state index contributed by atoms with van der Waals surface area (Å²) in [4.78, 5) is 18.7. The number of ether oxygens (including phenoxy) is 2. The van der Waals surface area contributed by atoms with E-state index in [1.165, 1.54) is 11.8 Å². The van der Waals surface area contributed by atoms with Gasteiger partial charge in [-0.1, -0.05) is 0 Å². The van der Waals surface area contributed by atoms with E-state index in [2.05, 4.69) is 14.8 Å². The van der Waals surface area contributed by atoms with Gasteiger partial charge in [-0.15, -0.1) is 5.10 Å². The summed E-state index contributed by atoms with van der Waals surface area (Å²) in [5.41, 5.74) is -0.372. The van der Waals surface area contributed by atoms with Gasteiger partial charge >= 0.3 is 6.01 Å². The highest BCUT2D eigenvalue weighted by atomic mass is 32.2. The lowest BCUT2D eigenvalue weighted by Crippen LogP contribution is -2.41. The van der Waals surface area contributed by atoms with Gasteiger partial charge < -0.3 is 14.4 Å². The first-order chi connectivity index (χ1) is 12.2. The van der Waals surface area contributed by atoms with Crippen LogP contribution in [0.5, 0.6) is 6.01 Å². The van der Waals surface area contributed by atoms with E-state index in [0.29, 0.717) is 19.6 Å². The van der Waals surface area contributed by atoms with Crippen LogP contribution in [0.1, 0.15) is 23.5 Å². The molecule has 26 heavy (non-hydrogen) atoms. The minimum absolute atomic E-state index is 0.0552. The van der Waals surface area contributed by atoms with E-state index in [9.17, 15) is 13.2 Å². The Bertz CT molecular complexity index is 839. The molecule has 0 radical (unpaired) electrons. The molecule has 3 saturated heterocycles. The maximum atomic E-state index is 12.8. The molecule has 1 spiro atoms. The molecule has 4 atom stereocenters. The van der Waals surface area contributed by atoms with Crippen molar-refractivity contribution in [2.75, 3.05) is 33.0 Å². The highest BCUT2D eigenvalue weighted by Gasteiger charge is 2.63. The molecule has 1 N–H and O–H groups in total. The third kappa shape index (κ3) is 2.78. The second-order valence-electron chi connectivity index (χ2n) is 7.38. The summed E-state index contributed by atoms with van der Waals surface area (Å²) in [6.07, 6.45) is 2.99. The molecule has 0 saturated carbocycles. The van der Waals surface area contributed by atoms with Crippen LogP contribution >= 0.6 is 0 Å². The van der Waals surface area contributed by atoms with Crippen LogP contribution in [0.25, 0.3) is 0 Å². The SMILES string of the molecule is COc1nc(C(=O)N2C[C@@H]3[C@H](CNS(C)(=O)=O)[C@H]4CC[C@]3(C2)O4)nn1C. The van der Waals surface area contributed by atoms with Crippen LogP contribution in [-0.4, -0.2) is 78.7 Å². The van der Waals surface area contributed by atoms with Crippen molar-refractivity contribution in [3.63, 3.8) is 0 Å². The number of methoxy groups -OCH3 is 1. The van der Waals surface area contributed by atoms with Crippen molar-refractivity contribution >= 4 is 15.9 Å². The molecule has 1 amide bonds. The first kappa shape index (κ1) is 17.7. The second-order valence-corrected chi connectivity index (χ2v) is 9.22. The Labute approximate surface area is 151 Å². The van der Waals surface area contributed by atoms with Crippen LogP contribution in [0.3, 0.4) is 0 Å². The first-order valence-corrected chi connectivity index (χ1v) is 10.5. The number of aromatic nitrogens is 3.